The van der Waals surface area contributed by atoms with Crippen LogP contribution in [0.4, 0.5) is 0 Å². The van der Waals surface area contributed by atoms with Crippen LogP contribution in [0, 0.1) is 0 Å². The Labute approximate surface area is 111 Å². The summed E-state index contributed by atoms with van der Waals surface area (Å²) in [4.78, 5) is 0. The molecule has 6 heteroatoms. The Kier molecular flexibility index (Phi) is 6.04. The van der Waals surface area contributed by atoms with Crippen molar-refractivity contribution in [2.75, 3.05) is 38.5 Å². The second kappa shape index (κ2) is 6.84. The molecule has 0 aromatic rings. The van der Waals surface area contributed by atoms with Crippen molar-refractivity contribution < 1.29 is 13.2 Å². The molecule has 0 atom stereocenters. The quantitative estimate of drug-likeness (QED) is 0.700. The van der Waals surface area contributed by atoms with Gasteiger partial charge in [0.2, 0.25) is 10.0 Å². The minimum atomic E-state index is -3.12. The van der Waals surface area contributed by atoms with Crippen LogP contribution in [0.1, 0.15) is 33.6 Å². The maximum atomic E-state index is 12.2. The third-order valence-corrected chi connectivity index (χ3v) is 4.94. The number of nitrogens with zero attached hydrogens (tertiary/aromatic N) is 1. The third-order valence-electron chi connectivity index (χ3n) is 3.04. The molecule has 18 heavy (non-hydrogen) atoms. The molecule has 1 fully saturated rings. The molecule has 0 spiro atoms. The maximum absolute atomic E-state index is 12.2. The van der Waals surface area contributed by atoms with E-state index in [9.17, 15) is 8.42 Å². The van der Waals surface area contributed by atoms with Crippen molar-refractivity contribution in [3.63, 3.8) is 0 Å². The summed E-state index contributed by atoms with van der Waals surface area (Å²) in [5.74, 6) is 0.245. The highest BCUT2D eigenvalue weighted by Crippen LogP contribution is 2.19. The van der Waals surface area contributed by atoms with E-state index in [-0.39, 0.29) is 11.4 Å². The van der Waals surface area contributed by atoms with Gasteiger partial charge in [0.15, 0.2) is 0 Å². The topological polar surface area (TPSA) is 58.6 Å². The van der Waals surface area contributed by atoms with Crippen LogP contribution >= 0.6 is 0 Å². The molecule has 1 rings (SSSR count). The molecule has 0 radical (unpaired) electrons. The Morgan fingerprint density at radius 2 is 2.06 bits per heavy atom. The second-order valence-electron chi connectivity index (χ2n) is 5.32. The second-order valence-corrected chi connectivity index (χ2v) is 7.41. The third kappa shape index (κ3) is 5.22. The van der Waals surface area contributed by atoms with Crippen LogP contribution in [0.5, 0.6) is 0 Å². The molecule has 0 bridgehead atoms. The van der Waals surface area contributed by atoms with E-state index in [1.54, 1.807) is 4.31 Å². The fraction of sp³-hybridized carbons (Fsp3) is 1.00. The summed E-state index contributed by atoms with van der Waals surface area (Å²) in [6.45, 7) is 9.17. The lowest BCUT2D eigenvalue weighted by Gasteiger charge is -2.37. The maximum Gasteiger partial charge on any atom is 0.214 e. The summed E-state index contributed by atoms with van der Waals surface area (Å²) >= 11 is 0. The first-order valence-corrected chi connectivity index (χ1v) is 8.31. The molecule has 0 amide bonds. The molecule has 0 aromatic carbocycles. The van der Waals surface area contributed by atoms with E-state index < -0.39 is 10.0 Å². The molecule has 5 nitrogen and oxygen atoms in total. The van der Waals surface area contributed by atoms with Gasteiger partial charge in [-0.15, -0.1) is 0 Å². The van der Waals surface area contributed by atoms with Crippen molar-refractivity contribution >= 4 is 10.0 Å². The van der Waals surface area contributed by atoms with Crippen LogP contribution in [0.15, 0.2) is 0 Å². The number of nitrogens with one attached hydrogen (secondary N) is 1. The Morgan fingerprint density at radius 1 is 1.33 bits per heavy atom. The average molecular weight is 278 g/mol. The molecule has 1 aliphatic rings. The summed E-state index contributed by atoms with van der Waals surface area (Å²) in [5.41, 5.74) is -0.366. The summed E-state index contributed by atoms with van der Waals surface area (Å²) < 4.78 is 31.4. The van der Waals surface area contributed by atoms with E-state index in [0.29, 0.717) is 26.1 Å². The molecule has 1 aliphatic heterocycles. The van der Waals surface area contributed by atoms with Gasteiger partial charge in [0.1, 0.15) is 0 Å². The number of rotatable bonds is 7. The molecule has 0 unspecified atom stereocenters. The number of ether oxygens (including phenoxy) is 1. The van der Waals surface area contributed by atoms with Crippen LogP contribution in [0.2, 0.25) is 0 Å². The summed E-state index contributed by atoms with van der Waals surface area (Å²) in [7, 11) is -3.12. The van der Waals surface area contributed by atoms with E-state index in [1.165, 1.54) is 0 Å². The van der Waals surface area contributed by atoms with Gasteiger partial charge in [0.05, 0.1) is 18.0 Å². The molecular weight excluding hydrogens is 252 g/mol. The normalized spacial score (nSPS) is 21.1. The predicted octanol–water partition coefficient (Wildman–Crippen LogP) is 0.817. The highest BCUT2D eigenvalue weighted by atomic mass is 32.2. The van der Waals surface area contributed by atoms with Crippen LogP contribution in [0.25, 0.3) is 0 Å². The molecule has 1 saturated heterocycles. The lowest BCUT2D eigenvalue weighted by molar-refractivity contribution is -0.0640. The van der Waals surface area contributed by atoms with Crippen molar-refractivity contribution in [3.8, 4) is 0 Å². The van der Waals surface area contributed by atoms with Gasteiger partial charge in [-0.2, -0.15) is 4.31 Å². The van der Waals surface area contributed by atoms with Crippen LogP contribution < -0.4 is 5.32 Å². The van der Waals surface area contributed by atoms with E-state index in [1.807, 2.05) is 20.8 Å². The number of hydrogen-bond donors (Lipinski definition) is 1. The number of morpholine rings is 1. The zero-order chi connectivity index (χ0) is 13.6. The van der Waals surface area contributed by atoms with Gasteiger partial charge in [-0.3, -0.25) is 0 Å². The van der Waals surface area contributed by atoms with Gasteiger partial charge in [0.25, 0.3) is 0 Å². The van der Waals surface area contributed by atoms with Gasteiger partial charge in [0, 0.05) is 13.1 Å². The molecular formula is C12H26N2O3S. The fourth-order valence-corrected chi connectivity index (χ4v) is 3.74. The highest BCUT2D eigenvalue weighted by Gasteiger charge is 2.33. The SMILES string of the molecule is CCNCCCCS(=O)(=O)N1CCOC(C)(C)C1. The van der Waals surface area contributed by atoms with Crippen molar-refractivity contribution in [1.82, 2.24) is 9.62 Å². The van der Waals surface area contributed by atoms with Crippen molar-refractivity contribution in [2.24, 2.45) is 0 Å². The number of hydrogen-bond acceptors (Lipinski definition) is 4. The van der Waals surface area contributed by atoms with Gasteiger partial charge < -0.3 is 10.1 Å². The largest absolute Gasteiger partial charge is 0.373 e. The molecule has 0 aromatic heterocycles. The van der Waals surface area contributed by atoms with Gasteiger partial charge in [-0.1, -0.05) is 6.92 Å². The first-order chi connectivity index (χ1) is 8.37. The zero-order valence-corrected chi connectivity index (χ0v) is 12.6. The first-order valence-electron chi connectivity index (χ1n) is 6.70. The number of sulfonamides is 1. The standard InChI is InChI=1S/C12H26N2O3S/c1-4-13-7-5-6-10-18(15,16)14-8-9-17-12(2,3)11-14/h13H,4-11H2,1-3H3. The lowest BCUT2D eigenvalue weighted by Crippen LogP contribution is -2.51. The van der Waals surface area contributed by atoms with Crippen LogP contribution in [-0.2, 0) is 14.8 Å². The monoisotopic (exact) mass is 278 g/mol. The summed E-state index contributed by atoms with van der Waals surface area (Å²) in [6.07, 6.45) is 1.62. The van der Waals surface area contributed by atoms with Crippen LogP contribution in [-0.4, -0.2) is 56.9 Å². The fourth-order valence-electron chi connectivity index (χ4n) is 2.05. The van der Waals surface area contributed by atoms with Crippen molar-refractivity contribution in [3.05, 3.63) is 0 Å². The van der Waals surface area contributed by atoms with E-state index in [0.717, 1.165) is 19.5 Å². The average Bonchev–Trinajstić information content (AvgIpc) is 2.27. The minimum Gasteiger partial charge on any atom is -0.373 e. The van der Waals surface area contributed by atoms with Crippen molar-refractivity contribution in [2.45, 2.75) is 39.2 Å². The lowest BCUT2D eigenvalue weighted by atomic mass is 10.1. The van der Waals surface area contributed by atoms with Gasteiger partial charge in [-0.05, 0) is 39.8 Å². The first kappa shape index (κ1) is 15.9. The van der Waals surface area contributed by atoms with Gasteiger partial charge in [-0.25, -0.2) is 8.42 Å². The zero-order valence-electron chi connectivity index (χ0n) is 11.7. The minimum absolute atomic E-state index is 0.245. The van der Waals surface area contributed by atoms with Gasteiger partial charge >= 0.3 is 0 Å². The van der Waals surface area contributed by atoms with E-state index >= 15 is 0 Å². The molecule has 1 N–H and O–H groups in total. The predicted molar refractivity (Wildman–Crippen MR) is 73.2 cm³/mol. The smallest absolute Gasteiger partial charge is 0.214 e. The molecule has 0 saturated carbocycles. The number of unbranched alkanes of at least 4 members (excludes halogenated alkanes) is 1. The summed E-state index contributed by atoms with van der Waals surface area (Å²) in [6, 6.07) is 0. The molecule has 0 aliphatic carbocycles. The van der Waals surface area contributed by atoms with E-state index in [4.69, 9.17) is 4.74 Å². The van der Waals surface area contributed by atoms with Crippen LogP contribution in [0.3, 0.4) is 0 Å². The Hall–Kier alpha value is -0.170. The van der Waals surface area contributed by atoms with E-state index in [2.05, 4.69) is 5.32 Å². The molecule has 108 valence electrons. The summed E-state index contributed by atoms with van der Waals surface area (Å²) in [5, 5.41) is 3.20. The Balaban J connectivity index is 2.38. The van der Waals surface area contributed by atoms with Crippen molar-refractivity contribution in [1.29, 1.82) is 0 Å². The Bertz CT molecular complexity index is 341. The highest BCUT2D eigenvalue weighted by molar-refractivity contribution is 7.89. The molecule has 1 heterocycles. The Morgan fingerprint density at radius 3 is 2.67 bits per heavy atom.